The molecule has 3 rings (SSSR count). The molecular formula is C17H14BrN3O. The van der Waals surface area contributed by atoms with E-state index in [1.54, 1.807) is 6.20 Å². The molecule has 0 bridgehead atoms. The van der Waals surface area contributed by atoms with Crippen molar-refractivity contribution in [2.45, 2.75) is 6.61 Å². The molecule has 0 amide bonds. The summed E-state index contributed by atoms with van der Waals surface area (Å²) in [6, 6.07) is 17.9. The lowest BCUT2D eigenvalue weighted by Gasteiger charge is -2.09. The van der Waals surface area contributed by atoms with Gasteiger partial charge in [-0.1, -0.05) is 30.3 Å². The number of aromatic nitrogens is 2. The fourth-order valence-electron chi connectivity index (χ4n) is 1.92. The Morgan fingerprint density at radius 3 is 2.50 bits per heavy atom. The Balaban J connectivity index is 1.62. The minimum atomic E-state index is 0.561. The predicted molar refractivity (Wildman–Crippen MR) is 90.2 cm³/mol. The van der Waals surface area contributed by atoms with Crippen LogP contribution in [0.15, 0.2) is 71.6 Å². The van der Waals surface area contributed by atoms with E-state index >= 15 is 0 Å². The highest BCUT2D eigenvalue weighted by atomic mass is 79.9. The molecular weight excluding hydrogens is 342 g/mol. The first-order valence-corrected chi connectivity index (χ1v) is 7.60. The van der Waals surface area contributed by atoms with E-state index in [1.807, 2.05) is 54.6 Å². The van der Waals surface area contributed by atoms with E-state index in [1.165, 1.54) is 6.33 Å². The minimum absolute atomic E-state index is 0.561. The van der Waals surface area contributed by atoms with Crippen molar-refractivity contribution in [1.82, 2.24) is 9.97 Å². The number of hydrogen-bond donors (Lipinski definition) is 1. The summed E-state index contributed by atoms with van der Waals surface area (Å²) in [5.41, 5.74) is 2.08. The van der Waals surface area contributed by atoms with Gasteiger partial charge < -0.3 is 10.1 Å². The number of nitrogens with zero attached hydrogens (tertiary/aromatic N) is 2. The van der Waals surface area contributed by atoms with Gasteiger partial charge in [0.05, 0.1) is 4.47 Å². The molecule has 1 N–H and O–H groups in total. The molecule has 0 saturated carbocycles. The molecule has 22 heavy (non-hydrogen) atoms. The second-order valence-corrected chi connectivity index (χ2v) is 5.50. The van der Waals surface area contributed by atoms with E-state index in [4.69, 9.17) is 4.74 Å². The normalized spacial score (nSPS) is 10.2. The molecule has 0 fully saturated rings. The minimum Gasteiger partial charge on any atom is -0.489 e. The van der Waals surface area contributed by atoms with E-state index in [2.05, 4.69) is 31.2 Å². The molecule has 110 valence electrons. The Hall–Kier alpha value is -2.40. The number of rotatable bonds is 5. The summed E-state index contributed by atoms with van der Waals surface area (Å²) in [5.74, 6) is 1.56. The van der Waals surface area contributed by atoms with Crippen LogP contribution in [0.1, 0.15) is 5.56 Å². The molecule has 0 unspecified atom stereocenters. The molecule has 1 aromatic heterocycles. The van der Waals surface area contributed by atoms with Crippen molar-refractivity contribution in [2.75, 3.05) is 5.32 Å². The Kier molecular flexibility index (Phi) is 4.65. The van der Waals surface area contributed by atoms with Gasteiger partial charge in [0.1, 0.15) is 24.5 Å². The van der Waals surface area contributed by atoms with Gasteiger partial charge in [-0.2, -0.15) is 0 Å². The largest absolute Gasteiger partial charge is 0.489 e. The van der Waals surface area contributed by atoms with Crippen LogP contribution < -0.4 is 10.1 Å². The summed E-state index contributed by atoms with van der Waals surface area (Å²) in [4.78, 5) is 8.11. The fraction of sp³-hybridized carbons (Fsp3) is 0.0588. The highest BCUT2D eigenvalue weighted by molar-refractivity contribution is 9.10. The van der Waals surface area contributed by atoms with E-state index in [0.717, 1.165) is 27.3 Å². The summed E-state index contributed by atoms with van der Waals surface area (Å²) in [6.07, 6.45) is 3.21. The standard InChI is InChI=1S/C17H14BrN3O/c18-16-10-19-12-20-17(16)21-14-6-8-15(9-7-14)22-11-13-4-2-1-3-5-13/h1-10,12H,11H2,(H,19,20,21). The van der Waals surface area contributed by atoms with Crippen molar-refractivity contribution >= 4 is 27.4 Å². The van der Waals surface area contributed by atoms with E-state index in [0.29, 0.717) is 6.61 Å². The lowest BCUT2D eigenvalue weighted by Crippen LogP contribution is -1.97. The van der Waals surface area contributed by atoms with Gasteiger partial charge in [-0.05, 0) is 45.8 Å². The summed E-state index contributed by atoms with van der Waals surface area (Å²) in [6.45, 7) is 0.561. The smallest absolute Gasteiger partial charge is 0.148 e. The van der Waals surface area contributed by atoms with Gasteiger partial charge in [-0.3, -0.25) is 0 Å². The van der Waals surface area contributed by atoms with Crippen LogP contribution >= 0.6 is 15.9 Å². The number of ether oxygens (including phenoxy) is 1. The van der Waals surface area contributed by atoms with Gasteiger partial charge in [-0.25, -0.2) is 9.97 Å². The molecule has 0 radical (unpaired) electrons. The van der Waals surface area contributed by atoms with Gasteiger partial charge >= 0.3 is 0 Å². The zero-order chi connectivity index (χ0) is 15.2. The second kappa shape index (κ2) is 7.04. The van der Waals surface area contributed by atoms with Gasteiger partial charge in [0.2, 0.25) is 0 Å². The summed E-state index contributed by atoms with van der Waals surface area (Å²) in [5, 5.41) is 3.22. The van der Waals surface area contributed by atoms with Crippen molar-refractivity contribution in [3.05, 3.63) is 77.2 Å². The molecule has 0 aliphatic carbocycles. The Morgan fingerprint density at radius 1 is 1.00 bits per heavy atom. The Bertz CT molecular complexity index is 732. The average molecular weight is 356 g/mol. The fourth-order valence-corrected chi connectivity index (χ4v) is 2.24. The van der Waals surface area contributed by atoms with E-state index in [9.17, 15) is 0 Å². The number of hydrogen-bond acceptors (Lipinski definition) is 4. The molecule has 2 aromatic carbocycles. The van der Waals surface area contributed by atoms with Gasteiger partial charge in [0, 0.05) is 11.9 Å². The van der Waals surface area contributed by atoms with Gasteiger partial charge in [-0.15, -0.1) is 0 Å². The first kappa shape index (κ1) is 14.5. The molecule has 5 heteroatoms. The van der Waals surface area contributed by atoms with Crippen LogP contribution in [0.4, 0.5) is 11.5 Å². The van der Waals surface area contributed by atoms with Crippen LogP contribution in [0.25, 0.3) is 0 Å². The molecule has 0 aliphatic rings. The van der Waals surface area contributed by atoms with Crippen molar-refractivity contribution in [2.24, 2.45) is 0 Å². The average Bonchev–Trinajstić information content (AvgIpc) is 2.57. The quantitative estimate of drug-likeness (QED) is 0.728. The first-order chi connectivity index (χ1) is 10.8. The third kappa shape index (κ3) is 3.83. The third-order valence-electron chi connectivity index (χ3n) is 3.03. The molecule has 0 saturated heterocycles. The maximum absolute atomic E-state index is 5.76. The van der Waals surface area contributed by atoms with Crippen molar-refractivity contribution in [3.63, 3.8) is 0 Å². The molecule has 0 aliphatic heterocycles. The molecule has 0 atom stereocenters. The first-order valence-electron chi connectivity index (χ1n) is 6.80. The van der Waals surface area contributed by atoms with Crippen LogP contribution in [-0.2, 0) is 6.61 Å². The maximum Gasteiger partial charge on any atom is 0.148 e. The highest BCUT2D eigenvalue weighted by Gasteiger charge is 2.02. The van der Waals surface area contributed by atoms with Crippen LogP contribution in [0.2, 0.25) is 0 Å². The summed E-state index contributed by atoms with van der Waals surface area (Å²) in [7, 11) is 0. The molecule has 4 nitrogen and oxygen atoms in total. The van der Waals surface area contributed by atoms with E-state index in [-0.39, 0.29) is 0 Å². The zero-order valence-electron chi connectivity index (χ0n) is 11.7. The van der Waals surface area contributed by atoms with Crippen LogP contribution in [0, 0.1) is 0 Å². The van der Waals surface area contributed by atoms with Crippen molar-refractivity contribution in [1.29, 1.82) is 0 Å². The van der Waals surface area contributed by atoms with E-state index < -0.39 is 0 Å². The highest BCUT2D eigenvalue weighted by Crippen LogP contribution is 2.24. The Labute approximate surface area is 137 Å². The third-order valence-corrected chi connectivity index (χ3v) is 3.61. The Morgan fingerprint density at radius 2 is 1.77 bits per heavy atom. The monoisotopic (exact) mass is 355 g/mol. The lowest BCUT2D eigenvalue weighted by molar-refractivity contribution is 0.306. The van der Waals surface area contributed by atoms with Gasteiger partial charge in [0.15, 0.2) is 0 Å². The van der Waals surface area contributed by atoms with Crippen molar-refractivity contribution < 1.29 is 4.74 Å². The van der Waals surface area contributed by atoms with Crippen molar-refractivity contribution in [3.8, 4) is 5.75 Å². The molecule has 3 aromatic rings. The van der Waals surface area contributed by atoms with Crippen LogP contribution in [-0.4, -0.2) is 9.97 Å². The number of anilines is 2. The second-order valence-electron chi connectivity index (χ2n) is 4.64. The number of nitrogens with one attached hydrogen (secondary N) is 1. The molecule has 0 spiro atoms. The molecule has 1 heterocycles. The number of halogens is 1. The maximum atomic E-state index is 5.76. The SMILES string of the molecule is Brc1cncnc1Nc1ccc(OCc2ccccc2)cc1. The summed E-state index contributed by atoms with van der Waals surface area (Å²) < 4.78 is 6.58. The van der Waals surface area contributed by atoms with Crippen LogP contribution in [0.5, 0.6) is 5.75 Å². The lowest BCUT2D eigenvalue weighted by atomic mass is 10.2. The summed E-state index contributed by atoms with van der Waals surface area (Å²) >= 11 is 3.41. The zero-order valence-corrected chi connectivity index (χ0v) is 13.3. The predicted octanol–water partition coefficient (Wildman–Crippen LogP) is 4.56. The van der Waals surface area contributed by atoms with Gasteiger partial charge in [0.25, 0.3) is 0 Å². The van der Waals surface area contributed by atoms with Crippen LogP contribution in [0.3, 0.4) is 0 Å². The topological polar surface area (TPSA) is 47.0 Å². The number of benzene rings is 2.